The van der Waals surface area contributed by atoms with Gasteiger partial charge < -0.3 is 9.47 Å². The van der Waals surface area contributed by atoms with Crippen LogP contribution in [0.2, 0.25) is 5.02 Å². The first-order chi connectivity index (χ1) is 7.22. The van der Waals surface area contributed by atoms with Crippen molar-refractivity contribution in [3.63, 3.8) is 0 Å². The van der Waals surface area contributed by atoms with E-state index in [0.29, 0.717) is 23.3 Å². The molecule has 15 heavy (non-hydrogen) atoms. The largest absolute Gasteiger partial charge is 0.493 e. The van der Waals surface area contributed by atoms with Crippen molar-refractivity contribution >= 4 is 17.9 Å². The molecule has 1 aromatic carbocycles. The lowest BCUT2D eigenvalue weighted by Crippen LogP contribution is -1.98. The third-order valence-corrected chi connectivity index (χ3v) is 2.03. The molecule has 0 fully saturated rings. The molecular formula is C10H8ClNO3. The van der Waals surface area contributed by atoms with Crippen LogP contribution in [0.5, 0.6) is 11.5 Å². The van der Waals surface area contributed by atoms with E-state index in [2.05, 4.69) is 0 Å². The van der Waals surface area contributed by atoms with E-state index in [9.17, 15) is 4.79 Å². The maximum Gasteiger partial charge on any atom is 0.174 e. The van der Waals surface area contributed by atoms with Gasteiger partial charge in [0.15, 0.2) is 24.4 Å². The zero-order chi connectivity index (χ0) is 11.3. The summed E-state index contributed by atoms with van der Waals surface area (Å²) in [5.41, 5.74) is 0.317. The molecule has 0 unspecified atom stereocenters. The van der Waals surface area contributed by atoms with E-state index in [1.54, 1.807) is 0 Å². The predicted octanol–water partition coefficient (Wildman–Crippen LogP) is 2.06. The zero-order valence-corrected chi connectivity index (χ0v) is 8.75. The molecular weight excluding hydrogens is 218 g/mol. The molecule has 5 heteroatoms. The highest BCUT2D eigenvalue weighted by molar-refractivity contribution is 6.33. The maximum absolute atomic E-state index is 10.6. The second-order valence-electron chi connectivity index (χ2n) is 2.59. The van der Waals surface area contributed by atoms with Crippen molar-refractivity contribution in [1.29, 1.82) is 5.26 Å². The predicted molar refractivity (Wildman–Crippen MR) is 54.5 cm³/mol. The van der Waals surface area contributed by atoms with Crippen LogP contribution in [0.15, 0.2) is 12.1 Å². The monoisotopic (exact) mass is 225 g/mol. The Balaban J connectivity index is 3.10. The van der Waals surface area contributed by atoms with E-state index in [4.69, 9.17) is 26.3 Å². The summed E-state index contributed by atoms with van der Waals surface area (Å²) in [6, 6.07) is 4.73. The second-order valence-corrected chi connectivity index (χ2v) is 3.00. The molecule has 78 valence electrons. The fourth-order valence-corrected chi connectivity index (χ4v) is 1.22. The standard InChI is InChI=1S/C10H8ClNO3/c1-14-9-4-7(6-13)8(11)5-10(9)15-3-2-12/h4-6H,3H2,1H3. The molecule has 4 nitrogen and oxygen atoms in total. The first kappa shape index (κ1) is 11.3. The van der Waals surface area contributed by atoms with E-state index in [-0.39, 0.29) is 11.6 Å². The molecule has 0 saturated carbocycles. The van der Waals surface area contributed by atoms with Crippen LogP contribution in [0.1, 0.15) is 10.4 Å². The first-order valence-electron chi connectivity index (χ1n) is 4.05. The van der Waals surface area contributed by atoms with Crippen LogP contribution < -0.4 is 9.47 Å². The number of nitriles is 1. The van der Waals surface area contributed by atoms with Gasteiger partial charge >= 0.3 is 0 Å². The van der Waals surface area contributed by atoms with Gasteiger partial charge in [-0.05, 0) is 6.07 Å². The Morgan fingerprint density at radius 1 is 1.53 bits per heavy atom. The molecule has 0 aliphatic carbocycles. The Morgan fingerprint density at radius 3 is 2.80 bits per heavy atom. The van der Waals surface area contributed by atoms with Gasteiger partial charge in [-0.25, -0.2) is 0 Å². The average molecular weight is 226 g/mol. The number of halogens is 1. The number of carbonyl (C=O) groups excluding carboxylic acids is 1. The normalized spacial score (nSPS) is 9.13. The second kappa shape index (κ2) is 5.23. The van der Waals surface area contributed by atoms with Crippen molar-refractivity contribution < 1.29 is 14.3 Å². The number of benzene rings is 1. The maximum atomic E-state index is 10.6. The summed E-state index contributed by atoms with van der Waals surface area (Å²) in [5.74, 6) is 0.714. The van der Waals surface area contributed by atoms with E-state index in [0.717, 1.165) is 0 Å². The number of rotatable bonds is 4. The number of ether oxygens (including phenoxy) is 2. The topological polar surface area (TPSA) is 59.3 Å². The highest BCUT2D eigenvalue weighted by atomic mass is 35.5. The van der Waals surface area contributed by atoms with Crippen LogP contribution in [-0.2, 0) is 0 Å². The van der Waals surface area contributed by atoms with Gasteiger partial charge in [0.25, 0.3) is 0 Å². The summed E-state index contributed by atoms with van der Waals surface area (Å²) in [5, 5.41) is 8.62. The third kappa shape index (κ3) is 2.61. The SMILES string of the molecule is COc1cc(C=O)c(Cl)cc1OCC#N. The minimum absolute atomic E-state index is 0.104. The minimum Gasteiger partial charge on any atom is -0.493 e. The van der Waals surface area contributed by atoms with Crippen molar-refractivity contribution in [1.82, 2.24) is 0 Å². The molecule has 1 aromatic rings. The van der Waals surface area contributed by atoms with Crippen molar-refractivity contribution in [3.05, 3.63) is 22.7 Å². The number of hydrogen-bond acceptors (Lipinski definition) is 4. The Morgan fingerprint density at radius 2 is 2.27 bits per heavy atom. The van der Waals surface area contributed by atoms with Gasteiger partial charge in [-0.3, -0.25) is 4.79 Å². The van der Waals surface area contributed by atoms with Crippen molar-refractivity contribution in [2.24, 2.45) is 0 Å². The number of nitrogens with zero attached hydrogens (tertiary/aromatic N) is 1. The minimum atomic E-state index is -0.104. The summed E-state index contributed by atoms with van der Waals surface area (Å²) in [7, 11) is 1.44. The Hall–Kier alpha value is -1.73. The zero-order valence-electron chi connectivity index (χ0n) is 7.99. The van der Waals surface area contributed by atoms with Gasteiger partial charge in [0.1, 0.15) is 6.07 Å². The Kier molecular flexibility index (Phi) is 3.95. The van der Waals surface area contributed by atoms with E-state index in [1.807, 2.05) is 6.07 Å². The lowest BCUT2D eigenvalue weighted by molar-refractivity contribution is 0.112. The van der Waals surface area contributed by atoms with Gasteiger partial charge in [-0.15, -0.1) is 0 Å². The molecule has 0 N–H and O–H groups in total. The molecule has 0 amide bonds. The molecule has 0 heterocycles. The van der Waals surface area contributed by atoms with Crippen LogP contribution in [0.4, 0.5) is 0 Å². The van der Waals surface area contributed by atoms with Crippen molar-refractivity contribution in [2.45, 2.75) is 0 Å². The molecule has 0 saturated heterocycles. The van der Waals surface area contributed by atoms with E-state index in [1.165, 1.54) is 19.2 Å². The molecule has 0 bridgehead atoms. The Bertz CT molecular complexity index is 412. The summed E-state index contributed by atoms with van der Waals surface area (Å²) in [6.45, 7) is -0.104. The lowest BCUT2D eigenvalue weighted by Gasteiger charge is -2.09. The van der Waals surface area contributed by atoms with Gasteiger partial charge in [-0.1, -0.05) is 11.6 Å². The van der Waals surface area contributed by atoms with E-state index >= 15 is 0 Å². The number of hydrogen-bond donors (Lipinski definition) is 0. The number of methoxy groups -OCH3 is 1. The molecule has 0 aliphatic heterocycles. The first-order valence-corrected chi connectivity index (χ1v) is 4.43. The molecule has 0 spiro atoms. The van der Waals surface area contributed by atoms with Crippen LogP contribution in [0.3, 0.4) is 0 Å². The number of aldehydes is 1. The van der Waals surface area contributed by atoms with Crippen LogP contribution in [0.25, 0.3) is 0 Å². The van der Waals surface area contributed by atoms with Crippen LogP contribution in [-0.4, -0.2) is 20.0 Å². The van der Waals surface area contributed by atoms with Gasteiger partial charge in [0, 0.05) is 11.6 Å². The summed E-state index contributed by atoms with van der Waals surface area (Å²) in [6.07, 6.45) is 0.624. The van der Waals surface area contributed by atoms with Gasteiger partial charge in [0.2, 0.25) is 0 Å². The fourth-order valence-electron chi connectivity index (χ4n) is 1.02. The molecule has 0 aliphatic rings. The van der Waals surface area contributed by atoms with Crippen LogP contribution in [0, 0.1) is 11.3 Å². The smallest absolute Gasteiger partial charge is 0.174 e. The highest BCUT2D eigenvalue weighted by Gasteiger charge is 2.09. The fraction of sp³-hybridized carbons (Fsp3) is 0.200. The Labute approximate surface area is 92.0 Å². The lowest BCUT2D eigenvalue weighted by atomic mass is 10.2. The molecule has 0 aromatic heterocycles. The number of carbonyl (C=O) groups is 1. The quantitative estimate of drug-likeness (QED) is 0.736. The average Bonchev–Trinajstić information content (AvgIpc) is 2.26. The highest BCUT2D eigenvalue weighted by Crippen LogP contribution is 2.32. The third-order valence-electron chi connectivity index (χ3n) is 1.70. The summed E-state index contributed by atoms with van der Waals surface area (Å²) >= 11 is 5.79. The van der Waals surface area contributed by atoms with Crippen molar-refractivity contribution in [2.75, 3.05) is 13.7 Å². The molecule has 0 radical (unpaired) electrons. The summed E-state index contributed by atoms with van der Waals surface area (Å²) < 4.78 is 10.1. The van der Waals surface area contributed by atoms with Crippen molar-refractivity contribution in [3.8, 4) is 17.6 Å². The molecule has 1 rings (SSSR count). The van der Waals surface area contributed by atoms with Gasteiger partial charge in [-0.2, -0.15) is 5.26 Å². The van der Waals surface area contributed by atoms with Gasteiger partial charge in [0.05, 0.1) is 12.1 Å². The van der Waals surface area contributed by atoms with E-state index < -0.39 is 0 Å². The van der Waals surface area contributed by atoms with Crippen LogP contribution >= 0.6 is 11.6 Å². The summed E-state index contributed by atoms with van der Waals surface area (Å²) in [4.78, 5) is 10.6. The molecule has 0 atom stereocenters.